The van der Waals surface area contributed by atoms with Gasteiger partial charge in [-0.2, -0.15) is 0 Å². The van der Waals surface area contributed by atoms with E-state index in [2.05, 4.69) is 61.6 Å². The Balaban J connectivity index is 3.63. The maximum absolute atomic E-state index is 11.3. The van der Waals surface area contributed by atoms with E-state index in [1.54, 1.807) is 6.08 Å². The average molecular weight is 357 g/mol. The topological polar surface area (TPSA) is 54.4 Å². The summed E-state index contributed by atoms with van der Waals surface area (Å²) in [6.07, 6.45) is 30.2. The minimum atomic E-state index is -0.940. The molecule has 26 heavy (non-hydrogen) atoms. The molecule has 0 spiro atoms. The third-order valence-corrected chi connectivity index (χ3v) is 3.32. The first kappa shape index (κ1) is 23.6. The maximum Gasteiger partial charge on any atom is 0.303 e. The first-order chi connectivity index (χ1) is 12.7. The van der Waals surface area contributed by atoms with Crippen LogP contribution in [0, 0.1) is 0 Å². The minimum absolute atomic E-state index is 0.0670. The summed E-state index contributed by atoms with van der Waals surface area (Å²) in [4.78, 5) is 21.6. The second kappa shape index (κ2) is 18.9. The van der Waals surface area contributed by atoms with Gasteiger partial charge in [-0.25, -0.2) is 0 Å². The molecule has 0 aliphatic rings. The first-order valence-electron chi connectivity index (χ1n) is 9.33. The molecule has 0 heterocycles. The van der Waals surface area contributed by atoms with Gasteiger partial charge in [-0.05, 0) is 44.6 Å². The third-order valence-electron chi connectivity index (χ3n) is 3.32. The molecular weight excluding hydrogens is 324 g/mol. The standard InChI is InChI=1S/C23H32O3/c1-2-3-4-5-6-7-8-9-10-11-12-13-14-15-16-17-18-19-22(24)20-21-23(25)26/h3-4,6-7,9-10,12-13,15-16,18-19H,2,5,8,11,14,17,20-21H2,1H3,(H,25,26)/b4-3-,7-6-,10-9-,13-12-,16-15-,19-18-. The van der Waals surface area contributed by atoms with E-state index < -0.39 is 5.97 Å². The lowest BCUT2D eigenvalue weighted by Gasteiger charge is -1.90. The van der Waals surface area contributed by atoms with E-state index >= 15 is 0 Å². The highest BCUT2D eigenvalue weighted by Crippen LogP contribution is 1.97. The molecule has 0 aromatic carbocycles. The minimum Gasteiger partial charge on any atom is -0.481 e. The normalized spacial score (nSPS) is 12.8. The highest BCUT2D eigenvalue weighted by Gasteiger charge is 2.00. The molecule has 142 valence electrons. The number of carbonyl (C=O) groups excluding carboxylic acids is 1. The van der Waals surface area contributed by atoms with Crippen LogP contribution in [0.3, 0.4) is 0 Å². The van der Waals surface area contributed by atoms with Crippen molar-refractivity contribution in [2.45, 2.75) is 58.3 Å². The van der Waals surface area contributed by atoms with Gasteiger partial charge in [0.15, 0.2) is 5.78 Å². The Labute approximate surface area is 158 Å². The molecule has 0 saturated carbocycles. The zero-order valence-electron chi connectivity index (χ0n) is 15.8. The quantitative estimate of drug-likeness (QED) is 0.284. The average Bonchev–Trinajstić information content (AvgIpc) is 2.62. The number of carbonyl (C=O) groups is 2. The lowest BCUT2D eigenvalue weighted by molar-refractivity contribution is -0.138. The summed E-state index contributed by atoms with van der Waals surface area (Å²) in [6.45, 7) is 2.14. The summed E-state index contributed by atoms with van der Waals surface area (Å²) in [5.41, 5.74) is 0. The van der Waals surface area contributed by atoms with Gasteiger partial charge in [-0.3, -0.25) is 9.59 Å². The van der Waals surface area contributed by atoms with Gasteiger partial charge < -0.3 is 5.11 Å². The molecule has 0 radical (unpaired) electrons. The van der Waals surface area contributed by atoms with E-state index in [0.717, 1.165) is 32.1 Å². The summed E-state index contributed by atoms with van der Waals surface area (Å²) in [5.74, 6) is -1.08. The van der Waals surface area contributed by atoms with Gasteiger partial charge >= 0.3 is 5.97 Å². The number of rotatable bonds is 15. The molecule has 0 bridgehead atoms. The lowest BCUT2D eigenvalue weighted by atomic mass is 10.2. The summed E-state index contributed by atoms with van der Waals surface area (Å²) < 4.78 is 0. The zero-order chi connectivity index (χ0) is 19.3. The van der Waals surface area contributed by atoms with Gasteiger partial charge in [0.1, 0.15) is 0 Å². The van der Waals surface area contributed by atoms with E-state index in [-0.39, 0.29) is 18.6 Å². The van der Waals surface area contributed by atoms with Crippen molar-refractivity contribution in [3.8, 4) is 0 Å². The van der Waals surface area contributed by atoms with Crippen LogP contribution >= 0.6 is 0 Å². The zero-order valence-corrected chi connectivity index (χ0v) is 15.8. The van der Waals surface area contributed by atoms with Crippen LogP contribution < -0.4 is 0 Å². The Bertz CT molecular complexity index is 546. The number of carboxylic acids is 1. The smallest absolute Gasteiger partial charge is 0.303 e. The largest absolute Gasteiger partial charge is 0.481 e. The highest BCUT2D eigenvalue weighted by molar-refractivity contribution is 5.91. The van der Waals surface area contributed by atoms with E-state index in [4.69, 9.17) is 5.11 Å². The van der Waals surface area contributed by atoms with E-state index in [1.807, 2.05) is 6.08 Å². The van der Waals surface area contributed by atoms with Crippen LogP contribution in [0.15, 0.2) is 72.9 Å². The Kier molecular flexibility index (Phi) is 17.2. The number of allylic oxidation sites excluding steroid dienone is 12. The Hall–Kier alpha value is -2.42. The highest BCUT2D eigenvalue weighted by atomic mass is 16.4. The second-order valence-electron chi connectivity index (χ2n) is 5.71. The van der Waals surface area contributed by atoms with Gasteiger partial charge in [0, 0.05) is 6.42 Å². The van der Waals surface area contributed by atoms with Crippen molar-refractivity contribution in [2.24, 2.45) is 0 Å². The summed E-state index contributed by atoms with van der Waals surface area (Å²) in [6, 6.07) is 0. The molecule has 0 aliphatic heterocycles. The van der Waals surface area contributed by atoms with Crippen LogP contribution in [-0.2, 0) is 9.59 Å². The summed E-state index contributed by atoms with van der Waals surface area (Å²) in [7, 11) is 0. The molecule has 0 aromatic heterocycles. The van der Waals surface area contributed by atoms with Crippen LogP contribution in [0.5, 0.6) is 0 Å². The van der Waals surface area contributed by atoms with Gasteiger partial charge in [0.25, 0.3) is 0 Å². The van der Waals surface area contributed by atoms with Crippen LogP contribution in [0.2, 0.25) is 0 Å². The molecule has 0 aliphatic carbocycles. The molecule has 0 rings (SSSR count). The van der Waals surface area contributed by atoms with Crippen LogP contribution in [0.25, 0.3) is 0 Å². The van der Waals surface area contributed by atoms with Crippen LogP contribution in [0.1, 0.15) is 58.3 Å². The van der Waals surface area contributed by atoms with Gasteiger partial charge in [-0.15, -0.1) is 0 Å². The van der Waals surface area contributed by atoms with Crippen molar-refractivity contribution < 1.29 is 14.7 Å². The van der Waals surface area contributed by atoms with Crippen molar-refractivity contribution >= 4 is 11.8 Å². The number of hydrogen-bond donors (Lipinski definition) is 1. The molecule has 3 heteroatoms. The lowest BCUT2D eigenvalue weighted by Crippen LogP contribution is -1.99. The van der Waals surface area contributed by atoms with E-state index in [1.165, 1.54) is 6.08 Å². The molecule has 0 saturated heterocycles. The molecule has 0 unspecified atom stereocenters. The fourth-order valence-corrected chi connectivity index (χ4v) is 1.94. The fraction of sp³-hybridized carbons (Fsp3) is 0.391. The molecule has 3 nitrogen and oxygen atoms in total. The van der Waals surface area contributed by atoms with Crippen LogP contribution in [0.4, 0.5) is 0 Å². The molecule has 0 atom stereocenters. The van der Waals surface area contributed by atoms with Crippen LogP contribution in [-0.4, -0.2) is 16.9 Å². The Morgan fingerprint density at radius 3 is 1.38 bits per heavy atom. The maximum atomic E-state index is 11.3. The summed E-state index contributed by atoms with van der Waals surface area (Å²) in [5, 5.41) is 8.48. The molecular formula is C23H32O3. The van der Waals surface area contributed by atoms with Gasteiger partial charge in [0.2, 0.25) is 0 Å². The predicted molar refractivity (Wildman–Crippen MR) is 110 cm³/mol. The first-order valence-corrected chi connectivity index (χ1v) is 9.33. The van der Waals surface area contributed by atoms with E-state index in [0.29, 0.717) is 6.42 Å². The van der Waals surface area contributed by atoms with Crippen molar-refractivity contribution in [1.29, 1.82) is 0 Å². The Morgan fingerprint density at radius 1 is 0.615 bits per heavy atom. The number of carboxylic acid groups (broad SMARTS) is 1. The van der Waals surface area contributed by atoms with Crippen molar-refractivity contribution in [1.82, 2.24) is 0 Å². The number of aliphatic carboxylic acids is 1. The molecule has 0 aromatic rings. The third kappa shape index (κ3) is 19.6. The van der Waals surface area contributed by atoms with Gasteiger partial charge in [-0.1, -0.05) is 73.8 Å². The Morgan fingerprint density at radius 2 is 1.00 bits per heavy atom. The van der Waals surface area contributed by atoms with Crippen molar-refractivity contribution in [2.75, 3.05) is 0 Å². The van der Waals surface area contributed by atoms with Crippen molar-refractivity contribution in [3.63, 3.8) is 0 Å². The number of hydrogen-bond acceptors (Lipinski definition) is 2. The monoisotopic (exact) mass is 356 g/mol. The number of ketones is 1. The SMILES string of the molecule is CC/C=C\C/C=C\C/C=C\C/C=C\C/C=C\C/C=C\C(=O)CCC(=O)O. The van der Waals surface area contributed by atoms with Gasteiger partial charge in [0.05, 0.1) is 6.42 Å². The van der Waals surface area contributed by atoms with E-state index in [9.17, 15) is 9.59 Å². The van der Waals surface area contributed by atoms with Crippen molar-refractivity contribution in [3.05, 3.63) is 72.9 Å². The molecule has 0 fully saturated rings. The second-order valence-corrected chi connectivity index (χ2v) is 5.71. The summed E-state index contributed by atoms with van der Waals surface area (Å²) >= 11 is 0. The molecule has 0 amide bonds. The molecule has 1 N–H and O–H groups in total. The predicted octanol–water partition coefficient (Wildman–Crippen LogP) is 6.12. The fourth-order valence-electron chi connectivity index (χ4n) is 1.94.